The van der Waals surface area contributed by atoms with Crippen molar-refractivity contribution < 1.29 is 14.7 Å². The van der Waals surface area contributed by atoms with Crippen molar-refractivity contribution in [2.45, 2.75) is 39.2 Å². The third-order valence-electron chi connectivity index (χ3n) is 4.19. The summed E-state index contributed by atoms with van der Waals surface area (Å²) in [5.41, 5.74) is 4.00. The quantitative estimate of drug-likeness (QED) is 0.734. The van der Waals surface area contributed by atoms with Gasteiger partial charge >= 0.3 is 5.97 Å². The van der Waals surface area contributed by atoms with E-state index in [1.807, 2.05) is 32.0 Å². The normalized spacial score (nSPS) is 11.8. The zero-order chi connectivity index (χ0) is 19.3. The topological polar surface area (TPSA) is 66.4 Å². The Morgan fingerprint density at radius 2 is 1.69 bits per heavy atom. The predicted molar refractivity (Wildman–Crippen MR) is 104 cm³/mol. The first-order valence-electron chi connectivity index (χ1n) is 8.26. The van der Waals surface area contributed by atoms with E-state index in [0.29, 0.717) is 16.5 Å². The molecule has 4 nitrogen and oxygen atoms in total. The molecule has 0 fully saturated rings. The van der Waals surface area contributed by atoms with Gasteiger partial charge in [-0.3, -0.25) is 9.59 Å². The molecule has 26 heavy (non-hydrogen) atoms. The molecular formula is C20H21Cl2NO3. The van der Waals surface area contributed by atoms with Crippen LogP contribution in [0.25, 0.3) is 0 Å². The zero-order valence-electron chi connectivity index (χ0n) is 14.7. The Morgan fingerprint density at radius 1 is 1.00 bits per heavy atom. The van der Waals surface area contributed by atoms with Gasteiger partial charge in [0.25, 0.3) is 0 Å². The molecule has 0 aliphatic heterocycles. The molecule has 1 atom stereocenters. The summed E-state index contributed by atoms with van der Waals surface area (Å²) in [4.78, 5) is 23.5. The maximum Gasteiger partial charge on any atom is 0.305 e. The van der Waals surface area contributed by atoms with Crippen LogP contribution in [0.15, 0.2) is 36.4 Å². The molecule has 0 aliphatic rings. The third kappa shape index (κ3) is 6.04. The molecule has 0 radical (unpaired) electrons. The van der Waals surface area contributed by atoms with E-state index < -0.39 is 12.0 Å². The summed E-state index contributed by atoms with van der Waals surface area (Å²) < 4.78 is 0. The van der Waals surface area contributed by atoms with E-state index in [4.69, 9.17) is 28.3 Å². The lowest BCUT2D eigenvalue weighted by Gasteiger charge is -2.18. The molecule has 0 heterocycles. The molecule has 2 rings (SSSR count). The third-order valence-corrected chi connectivity index (χ3v) is 4.93. The van der Waals surface area contributed by atoms with Gasteiger partial charge in [-0.15, -0.1) is 0 Å². The largest absolute Gasteiger partial charge is 0.481 e. The fraction of sp³-hybridized carbons (Fsp3) is 0.300. The minimum atomic E-state index is -0.971. The van der Waals surface area contributed by atoms with E-state index in [0.717, 1.165) is 22.3 Å². The van der Waals surface area contributed by atoms with Gasteiger partial charge in [0.1, 0.15) is 0 Å². The van der Waals surface area contributed by atoms with Crippen LogP contribution in [-0.2, 0) is 22.4 Å². The molecule has 0 aromatic heterocycles. The van der Waals surface area contributed by atoms with Crippen molar-refractivity contribution in [3.8, 4) is 0 Å². The number of carboxylic acids is 1. The molecule has 0 spiro atoms. The highest BCUT2D eigenvalue weighted by molar-refractivity contribution is 6.42. The van der Waals surface area contributed by atoms with Gasteiger partial charge in [0.15, 0.2) is 0 Å². The molecule has 2 aromatic carbocycles. The van der Waals surface area contributed by atoms with Gasteiger partial charge < -0.3 is 10.4 Å². The maximum atomic E-state index is 12.4. The van der Waals surface area contributed by atoms with E-state index in [2.05, 4.69) is 5.32 Å². The van der Waals surface area contributed by atoms with Gasteiger partial charge in [-0.05, 0) is 54.7 Å². The van der Waals surface area contributed by atoms with Gasteiger partial charge in [-0.1, -0.05) is 47.5 Å². The van der Waals surface area contributed by atoms with Gasteiger partial charge in [0.05, 0.1) is 22.9 Å². The number of carboxylic acid groups (broad SMARTS) is 1. The van der Waals surface area contributed by atoms with Crippen molar-refractivity contribution in [2.75, 3.05) is 0 Å². The van der Waals surface area contributed by atoms with E-state index in [1.54, 1.807) is 18.2 Å². The SMILES string of the molecule is Cc1ccc(CC(=O)NC(CC(=O)O)Cc2ccc(Cl)c(Cl)c2)cc1C. The lowest BCUT2D eigenvalue weighted by atomic mass is 10.0. The van der Waals surface area contributed by atoms with Crippen LogP contribution in [0, 0.1) is 13.8 Å². The molecule has 2 N–H and O–H groups in total. The lowest BCUT2D eigenvalue weighted by Crippen LogP contribution is -2.39. The molecule has 1 amide bonds. The number of nitrogens with one attached hydrogen (secondary N) is 1. The fourth-order valence-corrected chi connectivity index (χ4v) is 3.03. The summed E-state index contributed by atoms with van der Waals surface area (Å²) >= 11 is 11.9. The van der Waals surface area contributed by atoms with Crippen molar-refractivity contribution in [2.24, 2.45) is 0 Å². The molecular weight excluding hydrogens is 373 g/mol. The predicted octanol–water partition coefficient (Wildman–Crippen LogP) is 4.35. The average molecular weight is 394 g/mol. The monoisotopic (exact) mass is 393 g/mol. The van der Waals surface area contributed by atoms with Crippen molar-refractivity contribution in [1.82, 2.24) is 5.32 Å². The van der Waals surface area contributed by atoms with Crippen LogP contribution in [0.4, 0.5) is 0 Å². The number of aryl methyl sites for hydroxylation is 2. The molecule has 1 unspecified atom stereocenters. The first-order valence-corrected chi connectivity index (χ1v) is 9.01. The van der Waals surface area contributed by atoms with Crippen LogP contribution in [0.3, 0.4) is 0 Å². The molecule has 138 valence electrons. The van der Waals surface area contributed by atoms with Crippen LogP contribution in [-0.4, -0.2) is 23.0 Å². The summed E-state index contributed by atoms with van der Waals surface area (Å²) in [6.07, 6.45) is 0.402. The van der Waals surface area contributed by atoms with Crippen LogP contribution < -0.4 is 5.32 Å². The lowest BCUT2D eigenvalue weighted by molar-refractivity contribution is -0.137. The van der Waals surface area contributed by atoms with E-state index in [-0.39, 0.29) is 18.7 Å². The Balaban J connectivity index is 2.05. The number of rotatable bonds is 7. The number of amides is 1. The standard InChI is InChI=1S/C20H21Cl2NO3/c1-12-3-4-14(7-13(12)2)10-19(24)23-16(11-20(25)26)8-15-5-6-17(21)18(22)9-15/h3-7,9,16H,8,10-11H2,1-2H3,(H,23,24)(H,25,26). The second-order valence-corrected chi connectivity index (χ2v) is 7.22. The van der Waals surface area contributed by atoms with Crippen LogP contribution in [0.5, 0.6) is 0 Å². The fourth-order valence-electron chi connectivity index (χ4n) is 2.71. The summed E-state index contributed by atoms with van der Waals surface area (Å²) in [6.45, 7) is 4.01. The molecule has 2 aromatic rings. The van der Waals surface area contributed by atoms with Crippen LogP contribution in [0.1, 0.15) is 28.7 Å². The number of aliphatic carboxylic acids is 1. The summed E-state index contributed by atoms with van der Waals surface area (Å²) in [6, 6.07) is 10.5. The summed E-state index contributed by atoms with van der Waals surface area (Å²) in [5.74, 6) is -1.18. The number of hydrogen-bond donors (Lipinski definition) is 2. The average Bonchev–Trinajstić information content (AvgIpc) is 2.53. The van der Waals surface area contributed by atoms with Crippen molar-refractivity contribution >= 4 is 35.1 Å². The van der Waals surface area contributed by atoms with Gasteiger partial charge in [-0.25, -0.2) is 0 Å². The minimum absolute atomic E-state index is 0.168. The highest BCUT2D eigenvalue weighted by atomic mass is 35.5. The number of carbonyl (C=O) groups is 2. The first kappa shape index (κ1) is 20.3. The summed E-state index contributed by atoms with van der Waals surface area (Å²) in [5, 5.41) is 12.8. The van der Waals surface area contributed by atoms with E-state index in [1.165, 1.54) is 0 Å². The van der Waals surface area contributed by atoms with Crippen molar-refractivity contribution in [3.05, 3.63) is 68.7 Å². The minimum Gasteiger partial charge on any atom is -0.481 e. The molecule has 0 saturated carbocycles. The van der Waals surface area contributed by atoms with E-state index >= 15 is 0 Å². The number of hydrogen-bond acceptors (Lipinski definition) is 2. The van der Waals surface area contributed by atoms with Crippen molar-refractivity contribution in [3.63, 3.8) is 0 Å². The number of carbonyl (C=O) groups excluding carboxylic acids is 1. The first-order chi connectivity index (χ1) is 12.2. The molecule has 0 saturated heterocycles. The van der Waals surface area contributed by atoms with Gasteiger partial charge in [0.2, 0.25) is 5.91 Å². The molecule has 0 aliphatic carbocycles. The maximum absolute atomic E-state index is 12.4. The Hall–Kier alpha value is -2.04. The Labute approximate surface area is 163 Å². The van der Waals surface area contributed by atoms with E-state index in [9.17, 15) is 9.59 Å². The number of halogens is 2. The smallest absolute Gasteiger partial charge is 0.305 e. The molecule has 6 heteroatoms. The highest BCUT2D eigenvalue weighted by Gasteiger charge is 2.17. The Bertz CT molecular complexity index is 821. The number of benzene rings is 2. The molecule has 0 bridgehead atoms. The highest BCUT2D eigenvalue weighted by Crippen LogP contribution is 2.23. The van der Waals surface area contributed by atoms with Crippen LogP contribution >= 0.6 is 23.2 Å². The van der Waals surface area contributed by atoms with Crippen LogP contribution in [0.2, 0.25) is 10.0 Å². The Morgan fingerprint density at radius 3 is 2.31 bits per heavy atom. The second-order valence-electron chi connectivity index (χ2n) is 6.41. The van der Waals surface area contributed by atoms with Gasteiger partial charge in [0, 0.05) is 6.04 Å². The second kappa shape index (κ2) is 9.06. The van der Waals surface area contributed by atoms with Crippen molar-refractivity contribution in [1.29, 1.82) is 0 Å². The van der Waals surface area contributed by atoms with Gasteiger partial charge in [-0.2, -0.15) is 0 Å². The summed E-state index contributed by atoms with van der Waals surface area (Å²) in [7, 11) is 0. The Kier molecular flexibility index (Phi) is 7.06. The zero-order valence-corrected chi connectivity index (χ0v) is 16.2.